The maximum Gasteiger partial charge on any atom is 0.396 e. The Labute approximate surface area is 184 Å². The molecular weight excluding hydrogens is 460 g/mol. The van der Waals surface area contributed by atoms with Crippen molar-refractivity contribution >= 4 is 16.1 Å². The lowest BCUT2D eigenvalue weighted by Gasteiger charge is -2.56. The molecule has 0 aromatic heterocycles. The van der Waals surface area contributed by atoms with Gasteiger partial charge in [0.2, 0.25) is 0 Å². The molecule has 4 aliphatic rings. The molecule has 4 bridgehead atoms. The molecule has 0 aromatic rings. The number of ether oxygens (including phenoxy) is 3. The summed E-state index contributed by atoms with van der Waals surface area (Å²) < 4.78 is 99.7. The molecule has 0 amide bonds. The van der Waals surface area contributed by atoms with E-state index in [1.807, 2.05) is 0 Å². The highest BCUT2D eigenvalue weighted by Gasteiger charge is 2.60. The normalized spacial score (nSPS) is 29.8. The molecule has 0 spiro atoms. The van der Waals surface area contributed by atoms with E-state index in [9.17, 15) is 35.3 Å². The maximum atomic E-state index is 13.3. The van der Waals surface area contributed by atoms with Crippen molar-refractivity contribution < 1.29 is 49.5 Å². The minimum atomic E-state index is -6.51. The molecule has 4 rings (SSSR count). The summed E-state index contributed by atoms with van der Waals surface area (Å²) in [5.41, 5.74) is -0.351. The quantitative estimate of drug-likeness (QED) is 0.104. The van der Waals surface area contributed by atoms with E-state index in [0.717, 1.165) is 19.3 Å². The van der Waals surface area contributed by atoms with Gasteiger partial charge in [-0.2, -0.15) is 17.6 Å². The van der Waals surface area contributed by atoms with Crippen molar-refractivity contribution in [2.45, 2.75) is 68.1 Å². The minimum Gasteiger partial charge on any atom is -0.743 e. The Morgan fingerprint density at radius 2 is 1.59 bits per heavy atom. The zero-order valence-electron chi connectivity index (χ0n) is 17.5. The van der Waals surface area contributed by atoms with Gasteiger partial charge in [-0.05, 0) is 62.7 Å². The average molecular weight is 487 g/mol. The molecule has 4 fully saturated rings. The lowest BCUT2D eigenvalue weighted by atomic mass is 9.54. The molecule has 4 saturated carbocycles. The Bertz CT molecular complexity index is 793. The minimum absolute atomic E-state index is 0.113. The number of carbonyl (C=O) groups excluding carboxylic acids is 1. The lowest BCUT2D eigenvalue weighted by molar-refractivity contribution is -0.208. The average Bonchev–Trinajstić information content (AvgIpc) is 2.65. The van der Waals surface area contributed by atoms with Crippen LogP contribution in [0.4, 0.5) is 17.6 Å². The third-order valence-corrected chi connectivity index (χ3v) is 7.55. The van der Waals surface area contributed by atoms with Crippen molar-refractivity contribution in [3.05, 3.63) is 12.2 Å². The fraction of sp³-hybridized carbons (Fsp3) is 0.850. The van der Waals surface area contributed by atoms with Gasteiger partial charge in [0.25, 0.3) is 0 Å². The van der Waals surface area contributed by atoms with Crippen molar-refractivity contribution in [1.82, 2.24) is 0 Å². The first-order valence-electron chi connectivity index (χ1n) is 10.5. The second kappa shape index (κ2) is 9.19. The Morgan fingerprint density at radius 1 is 1.06 bits per heavy atom. The first-order valence-corrected chi connectivity index (χ1v) is 11.9. The van der Waals surface area contributed by atoms with Gasteiger partial charge in [-0.25, -0.2) is 13.2 Å². The van der Waals surface area contributed by atoms with Gasteiger partial charge in [0, 0.05) is 13.0 Å². The van der Waals surface area contributed by atoms with Crippen LogP contribution in [0.2, 0.25) is 0 Å². The van der Waals surface area contributed by atoms with Gasteiger partial charge in [-0.3, -0.25) is 0 Å². The lowest BCUT2D eigenvalue weighted by Crippen LogP contribution is -2.52. The first kappa shape index (κ1) is 25.4. The molecule has 32 heavy (non-hydrogen) atoms. The monoisotopic (exact) mass is 487 g/mol. The highest BCUT2D eigenvalue weighted by atomic mass is 32.2. The molecule has 0 heterocycles. The summed E-state index contributed by atoms with van der Waals surface area (Å²) in [5.74, 6) is -3.82. The van der Waals surface area contributed by atoms with Gasteiger partial charge in [0.1, 0.15) is 0 Å². The number of hydrogen-bond donors (Lipinski definition) is 0. The van der Waals surface area contributed by atoms with Crippen LogP contribution in [0, 0.1) is 17.8 Å². The van der Waals surface area contributed by atoms with Gasteiger partial charge < -0.3 is 18.8 Å². The summed E-state index contributed by atoms with van der Waals surface area (Å²) in [5, 5.41) is -5.72. The summed E-state index contributed by atoms with van der Waals surface area (Å²) in [6.45, 7) is 2.37. The van der Waals surface area contributed by atoms with Crippen LogP contribution in [0.1, 0.15) is 51.4 Å². The highest BCUT2D eigenvalue weighted by Crippen LogP contribution is 2.57. The molecule has 0 atom stereocenters. The molecule has 0 aliphatic heterocycles. The summed E-state index contributed by atoms with van der Waals surface area (Å²) >= 11 is 0. The van der Waals surface area contributed by atoms with Crippen LogP contribution in [0.3, 0.4) is 0 Å². The van der Waals surface area contributed by atoms with E-state index in [4.69, 9.17) is 14.2 Å². The van der Waals surface area contributed by atoms with E-state index in [1.165, 1.54) is 19.3 Å². The number of esters is 1. The molecule has 0 radical (unpaired) electrons. The number of rotatable bonds is 12. The molecule has 0 aromatic carbocycles. The second-order valence-corrected chi connectivity index (χ2v) is 10.7. The van der Waals surface area contributed by atoms with E-state index >= 15 is 0 Å². The smallest absolute Gasteiger partial charge is 0.396 e. The van der Waals surface area contributed by atoms with Gasteiger partial charge in [0.05, 0.1) is 17.8 Å². The molecule has 0 N–H and O–H groups in total. The van der Waals surface area contributed by atoms with Gasteiger partial charge in [-0.1, -0.05) is 6.58 Å². The molecule has 7 nitrogen and oxygen atoms in total. The van der Waals surface area contributed by atoms with Crippen LogP contribution in [0.15, 0.2) is 12.2 Å². The van der Waals surface area contributed by atoms with Crippen LogP contribution in [0.5, 0.6) is 0 Å². The molecule has 184 valence electrons. The fourth-order valence-electron chi connectivity index (χ4n) is 5.50. The predicted octanol–water partition coefficient (Wildman–Crippen LogP) is 3.60. The van der Waals surface area contributed by atoms with Gasteiger partial charge in [-0.15, -0.1) is 0 Å². The topological polar surface area (TPSA) is 102 Å². The van der Waals surface area contributed by atoms with Crippen molar-refractivity contribution in [3.63, 3.8) is 0 Å². The van der Waals surface area contributed by atoms with Gasteiger partial charge >= 0.3 is 17.1 Å². The Morgan fingerprint density at radius 3 is 2.09 bits per heavy atom. The molecule has 4 aliphatic carbocycles. The standard InChI is InChI=1S/C20H28F4O7S/c1-13(11-29-4-2-3-19(21,22)20(23,24)32(26,27)28)17(25)30-12-31-18-8-14-5-15(9-18)7-16(6-14)10-18/h14-16H,1-12H2,(H,26,27,28)/p-1. The highest BCUT2D eigenvalue weighted by molar-refractivity contribution is 7.86. The van der Waals surface area contributed by atoms with Crippen molar-refractivity contribution in [2.24, 2.45) is 17.8 Å². The van der Waals surface area contributed by atoms with E-state index < -0.39 is 53.3 Å². The van der Waals surface area contributed by atoms with E-state index in [1.54, 1.807) is 0 Å². The predicted molar refractivity (Wildman–Crippen MR) is 102 cm³/mol. The summed E-state index contributed by atoms with van der Waals surface area (Å²) in [7, 11) is -6.51. The van der Waals surface area contributed by atoms with Crippen molar-refractivity contribution in [1.29, 1.82) is 0 Å². The van der Waals surface area contributed by atoms with Crippen LogP contribution in [-0.4, -0.2) is 55.7 Å². The van der Waals surface area contributed by atoms with E-state index in [0.29, 0.717) is 17.8 Å². The third kappa shape index (κ3) is 5.45. The fourth-order valence-corrected chi connectivity index (χ4v) is 5.96. The number of alkyl halides is 4. The maximum absolute atomic E-state index is 13.3. The third-order valence-electron chi connectivity index (χ3n) is 6.62. The van der Waals surface area contributed by atoms with Crippen LogP contribution < -0.4 is 0 Å². The summed E-state index contributed by atoms with van der Waals surface area (Å²) in [6.07, 6.45) is 4.38. The summed E-state index contributed by atoms with van der Waals surface area (Å²) in [4.78, 5) is 12.0. The molecule has 12 heteroatoms. The SMILES string of the molecule is C=C(COCCCC(F)(F)C(F)(F)S(=O)(=O)[O-])C(=O)OCOC12CC3CC(CC(C3)C1)C2. The molecule has 0 unspecified atom stereocenters. The largest absolute Gasteiger partial charge is 0.743 e. The molecular formula is C20H27F4O7S-. The summed E-state index contributed by atoms with van der Waals surface area (Å²) in [6, 6.07) is 0. The Kier molecular flexibility index (Phi) is 7.29. The molecule has 0 saturated heterocycles. The van der Waals surface area contributed by atoms with Gasteiger partial charge in [0.15, 0.2) is 16.9 Å². The second-order valence-electron chi connectivity index (χ2n) is 9.23. The van der Waals surface area contributed by atoms with Crippen LogP contribution >= 0.6 is 0 Å². The van der Waals surface area contributed by atoms with E-state index in [-0.39, 0.29) is 18.0 Å². The van der Waals surface area contributed by atoms with E-state index in [2.05, 4.69) is 6.58 Å². The van der Waals surface area contributed by atoms with Crippen molar-refractivity contribution in [2.75, 3.05) is 20.0 Å². The number of carbonyl (C=O) groups is 1. The Hall–Kier alpha value is -1.24. The van der Waals surface area contributed by atoms with Crippen LogP contribution in [-0.2, 0) is 29.1 Å². The first-order chi connectivity index (χ1) is 14.7. The van der Waals surface area contributed by atoms with Crippen molar-refractivity contribution in [3.8, 4) is 0 Å². The van der Waals surface area contributed by atoms with Crippen LogP contribution in [0.25, 0.3) is 0 Å². The Balaban J connectivity index is 1.32. The number of halogens is 4. The zero-order chi connectivity index (χ0) is 23.8. The zero-order valence-corrected chi connectivity index (χ0v) is 18.3. The number of hydrogen-bond acceptors (Lipinski definition) is 7.